The molecule has 5 aromatic rings. The molecule has 5 nitrogen and oxygen atoms in total. The molecule has 1 N–H and O–H groups in total. The molecule has 3 heterocycles. The topological polar surface area (TPSA) is 52.2 Å². The van der Waals surface area contributed by atoms with Crippen LogP contribution >= 0.6 is 23.1 Å². The Morgan fingerprint density at radius 2 is 1.79 bits per heavy atom. The maximum absolute atomic E-state index is 14.0. The van der Waals surface area contributed by atoms with E-state index in [2.05, 4.69) is 70.5 Å². The minimum absolute atomic E-state index is 0.115. The van der Waals surface area contributed by atoms with Gasteiger partial charge in [-0.3, -0.25) is 9.69 Å². The third-order valence-electron chi connectivity index (χ3n) is 7.98. The van der Waals surface area contributed by atoms with E-state index in [1.54, 1.807) is 23.1 Å². The van der Waals surface area contributed by atoms with E-state index in [9.17, 15) is 4.79 Å². The number of benzene rings is 3. The minimum atomic E-state index is -0.115. The fourth-order valence-electron chi connectivity index (χ4n) is 6.15. The number of H-pyrrole nitrogens is 1. The number of likely N-dealkylation sites (tertiary alicyclic amines) is 1. The number of thioether (sulfide) groups is 1. The first-order valence-electron chi connectivity index (χ1n) is 13.3. The lowest BCUT2D eigenvalue weighted by Crippen LogP contribution is -2.48. The van der Waals surface area contributed by atoms with Crippen LogP contribution in [0.1, 0.15) is 22.4 Å². The maximum Gasteiger partial charge on any atom is 0.240 e. The van der Waals surface area contributed by atoms with E-state index < -0.39 is 0 Å². The summed E-state index contributed by atoms with van der Waals surface area (Å²) in [6.45, 7) is 1.54. The number of amides is 1. The number of aromatic nitrogens is 2. The summed E-state index contributed by atoms with van der Waals surface area (Å²) < 4.78 is 1.27. The number of hydrogen-bond donors (Lipinski definition) is 1. The van der Waals surface area contributed by atoms with Crippen LogP contribution in [0.5, 0.6) is 0 Å². The number of fused-ring (bicyclic) bond motifs is 3. The molecule has 2 aliphatic rings. The van der Waals surface area contributed by atoms with E-state index in [0.29, 0.717) is 17.8 Å². The summed E-state index contributed by atoms with van der Waals surface area (Å²) >= 11 is 3.57. The SMILES string of the molecule is CN(Cc1cc2ccccc2s1)C(=O)[C@@H]1C[C@@H](Sc2nc3ccccc3[nH]2)CN1C1Cc2ccccc2C1. The number of carbonyl (C=O) groups is 1. The normalized spacial score (nSPS) is 19.9. The van der Waals surface area contributed by atoms with E-state index >= 15 is 0 Å². The van der Waals surface area contributed by atoms with Crippen molar-refractivity contribution < 1.29 is 4.79 Å². The number of thiophene rings is 1. The Morgan fingerprint density at radius 3 is 2.58 bits per heavy atom. The summed E-state index contributed by atoms with van der Waals surface area (Å²) in [5.74, 6) is 0.228. The van der Waals surface area contributed by atoms with Gasteiger partial charge in [0.1, 0.15) is 0 Å². The third-order valence-corrected chi connectivity index (χ3v) is 10.2. The largest absolute Gasteiger partial charge is 0.339 e. The van der Waals surface area contributed by atoms with Crippen molar-refractivity contribution in [1.82, 2.24) is 19.8 Å². The van der Waals surface area contributed by atoms with Crippen LogP contribution in [0.4, 0.5) is 0 Å². The predicted octanol–water partition coefficient (Wildman–Crippen LogP) is 6.14. The highest BCUT2D eigenvalue weighted by molar-refractivity contribution is 7.99. The zero-order chi connectivity index (χ0) is 25.6. The lowest BCUT2D eigenvalue weighted by atomic mass is 10.1. The van der Waals surface area contributed by atoms with Crippen LogP contribution in [-0.4, -0.2) is 56.6 Å². The van der Waals surface area contributed by atoms with E-state index in [1.165, 1.54) is 26.1 Å². The molecule has 0 saturated carbocycles. The third kappa shape index (κ3) is 4.53. The second kappa shape index (κ2) is 9.88. The first-order chi connectivity index (χ1) is 18.6. The summed E-state index contributed by atoms with van der Waals surface area (Å²) in [5.41, 5.74) is 4.91. The molecule has 0 radical (unpaired) electrons. The predicted molar refractivity (Wildman–Crippen MR) is 157 cm³/mol. The standard InChI is InChI=1S/C31H30N4OS2/c1-34(18-24-16-22-10-4-7-13-29(22)37-24)30(36)28-17-25(38-31-32-26-11-5-6-12-27(26)33-31)19-35(28)23-14-20-8-2-3-9-21(20)15-23/h2-13,16,23,25,28H,14-15,17-19H2,1H3,(H,32,33)/t25-,28+/m1/s1. The molecule has 1 amide bonds. The van der Waals surface area contributed by atoms with E-state index in [4.69, 9.17) is 4.98 Å². The van der Waals surface area contributed by atoms with Crippen molar-refractivity contribution in [2.75, 3.05) is 13.6 Å². The lowest BCUT2D eigenvalue weighted by molar-refractivity contribution is -0.135. The summed E-state index contributed by atoms with van der Waals surface area (Å²) in [6.07, 6.45) is 2.87. The van der Waals surface area contributed by atoms with Gasteiger partial charge >= 0.3 is 0 Å². The van der Waals surface area contributed by atoms with E-state index in [1.807, 2.05) is 30.1 Å². The van der Waals surface area contributed by atoms with Gasteiger partial charge in [-0.15, -0.1) is 11.3 Å². The number of rotatable bonds is 6. The highest BCUT2D eigenvalue weighted by atomic mass is 32.2. The van der Waals surface area contributed by atoms with Gasteiger partial charge in [-0.05, 0) is 60.0 Å². The molecule has 7 heteroatoms. The van der Waals surface area contributed by atoms with Crippen molar-refractivity contribution >= 4 is 50.1 Å². The molecule has 1 aliphatic carbocycles. The Bertz CT molecular complexity index is 1530. The van der Waals surface area contributed by atoms with E-state index in [-0.39, 0.29) is 11.9 Å². The van der Waals surface area contributed by atoms with Gasteiger partial charge in [-0.25, -0.2) is 4.98 Å². The number of carbonyl (C=O) groups excluding carboxylic acids is 1. The van der Waals surface area contributed by atoms with Crippen molar-refractivity contribution in [2.24, 2.45) is 0 Å². The Labute approximate surface area is 230 Å². The second-order valence-corrected chi connectivity index (χ2v) is 13.0. The Kier molecular flexibility index (Phi) is 6.22. The van der Waals surface area contributed by atoms with Crippen molar-refractivity contribution in [3.8, 4) is 0 Å². The fourth-order valence-corrected chi connectivity index (χ4v) is 8.43. The quantitative estimate of drug-likeness (QED) is 0.282. The Balaban J connectivity index is 1.12. The second-order valence-electron chi connectivity index (χ2n) is 10.5. The first-order valence-corrected chi connectivity index (χ1v) is 15.0. The maximum atomic E-state index is 14.0. The van der Waals surface area contributed by atoms with Gasteiger partial charge in [0.25, 0.3) is 0 Å². The zero-order valence-electron chi connectivity index (χ0n) is 21.3. The molecule has 7 rings (SSSR count). The average molecular weight is 539 g/mol. The van der Waals surface area contributed by atoms with Crippen LogP contribution in [0.15, 0.2) is 84.0 Å². The smallest absolute Gasteiger partial charge is 0.240 e. The van der Waals surface area contributed by atoms with Crippen molar-refractivity contribution in [1.29, 1.82) is 0 Å². The number of nitrogens with one attached hydrogen (secondary N) is 1. The highest BCUT2D eigenvalue weighted by Crippen LogP contribution is 2.37. The van der Waals surface area contributed by atoms with Crippen LogP contribution in [0.3, 0.4) is 0 Å². The summed E-state index contributed by atoms with van der Waals surface area (Å²) in [6, 6.07) is 27.8. The number of imidazole rings is 1. The zero-order valence-corrected chi connectivity index (χ0v) is 23.0. The molecule has 0 spiro atoms. The van der Waals surface area contributed by atoms with Crippen LogP contribution in [0, 0.1) is 0 Å². The monoisotopic (exact) mass is 538 g/mol. The summed E-state index contributed by atoms with van der Waals surface area (Å²) in [4.78, 5) is 28.0. The lowest BCUT2D eigenvalue weighted by Gasteiger charge is -2.32. The molecule has 38 heavy (non-hydrogen) atoms. The number of likely N-dealkylation sites (N-methyl/N-ethyl adjacent to an activating group) is 1. The minimum Gasteiger partial charge on any atom is -0.339 e. The fraction of sp³-hybridized carbons (Fsp3) is 0.290. The van der Waals surface area contributed by atoms with Gasteiger partial charge in [0.15, 0.2) is 5.16 Å². The first kappa shape index (κ1) is 23.9. The number of hydrogen-bond acceptors (Lipinski definition) is 5. The number of nitrogens with zero attached hydrogens (tertiary/aromatic N) is 3. The van der Waals surface area contributed by atoms with Gasteiger partial charge in [0, 0.05) is 34.5 Å². The molecular formula is C31H30N4OS2. The number of para-hydroxylation sites is 2. The van der Waals surface area contributed by atoms with Crippen LogP contribution in [0.25, 0.3) is 21.1 Å². The Morgan fingerprint density at radius 1 is 1.05 bits per heavy atom. The molecular weight excluding hydrogens is 509 g/mol. The van der Waals surface area contributed by atoms with Gasteiger partial charge in [-0.2, -0.15) is 0 Å². The van der Waals surface area contributed by atoms with Crippen LogP contribution in [-0.2, 0) is 24.2 Å². The van der Waals surface area contributed by atoms with Crippen LogP contribution < -0.4 is 0 Å². The molecule has 1 aliphatic heterocycles. The number of aromatic amines is 1. The molecule has 1 saturated heterocycles. The summed E-state index contributed by atoms with van der Waals surface area (Å²) in [7, 11) is 1.97. The average Bonchev–Trinajstić information content (AvgIpc) is 3.71. The van der Waals surface area contributed by atoms with Crippen LogP contribution in [0.2, 0.25) is 0 Å². The van der Waals surface area contributed by atoms with Crippen molar-refractivity contribution in [2.45, 2.75) is 48.3 Å². The van der Waals surface area contributed by atoms with Gasteiger partial charge in [0.05, 0.1) is 23.6 Å². The molecule has 2 aromatic heterocycles. The summed E-state index contributed by atoms with van der Waals surface area (Å²) in [5, 5.41) is 2.50. The molecule has 192 valence electrons. The molecule has 2 atom stereocenters. The van der Waals surface area contributed by atoms with Gasteiger partial charge in [-0.1, -0.05) is 66.4 Å². The molecule has 1 fully saturated rings. The van der Waals surface area contributed by atoms with Crippen molar-refractivity contribution in [3.05, 3.63) is 94.9 Å². The molecule has 0 unspecified atom stereocenters. The van der Waals surface area contributed by atoms with E-state index in [0.717, 1.165) is 42.0 Å². The Hall–Kier alpha value is -3.13. The highest BCUT2D eigenvalue weighted by Gasteiger charge is 2.43. The van der Waals surface area contributed by atoms with Gasteiger partial charge < -0.3 is 9.88 Å². The van der Waals surface area contributed by atoms with Crippen molar-refractivity contribution in [3.63, 3.8) is 0 Å². The molecule has 3 aromatic carbocycles. The van der Waals surface area contributed by atoms with Gasteiger partial charge in [0.2, 0.25) is 5.91 Å². The molecule has 0 bridgehead atoms.